The smallest absolute Gasteiger partial charge is 0.328 e. The maximum atomic E-state index is 11.8. The number of hydrogen-bond acceptors (Lipinski definition) is 3. The van der Waals surface area contributed by atoms with Crippen molar-refractivity contribution in [2.75, 3.05) is 13.3 Å². The van der Waals surface area contributed by atoms with Crippen LogP contribution < -0.4 is 4.74 Å². The van der Waals surface area contributed by atoms with Crippen LogP contribution >= 0.6 is 0 Å². The first kappa shape index (κ1) is 14.2. The summed E-state index contributed by atoms with van der Waals surface area (Å²) in [5, 5.41) is 8.45. The molecule has 5 heteroatoms. The zero-order valence-electron chi connectivity index (χ0n) is 10.0. The predicted molar refractivity (Wildman–Crippen MR) is 66.2 cm³/mol. The van der Waals surface area contributed by atoms with Gasteiger partial charge in [-0.2, -0.15) is 0 Å². The van der Waals surface area contributed by atoms with E-state index in [0.29, 0.717) is 24.5 Å². The van der Waals surface area contributed by atoms with Gasteiger partial charge in [-0.25, -0.2) is 4.79 Å². The van der Waals surface area contributed by atoms with Gasteiger partial charge in [0.05, 0.1) is 25.2 Å². The summed E-state index contributed by atoms with van der Waals surface area (Å²) in [6.45, 7) is 0.248. The quantitative estimate of drug-likeness (QED) is 0.571. The first-order chi connectivity index (χ1) is 8.72. The van der Waals surface area contributed by atoms with Crippen LogP contribution in [-0.4, -0.2) is 29.3 Å². The molecule has 98 valence electrons. The van der Waals surface area contributed by atoms with Crippen LogP contribution in [0.25, 0.3) is 6.08 Å². The van der Waals surface area contributed by atoms with Crippen LogP contribution in [-0.2, 0) is 4.79 Å². The molecule has 0 fully saturated rings. The number of ether oxygens (including phenoxy) is 1. The van der Waals surface area contributed by atoms with Crippen LogP contribution in [0, 0.1) is 0 Å². The summed E-state index contributed by atoms with van der Waals surface area (Å²) in [4.78, 5) is 14.3. The third-order valence-corrected chi connectivity index (χ3v) is 2.20. The maximum absolute atomic E-state index is 11.8. The number of nitrogens with zero attached hydrogens (tertiary/aromatic N) is 1. The Labute approximate surface area is 105 Å². The second-order valence-electron chi connectivity index (χ2n) is 3.69. The first-order valence-corrected chi connectivity index (χ1v) is 5.78. The molecule has 0 aliphatic carbocycles. The molecule has 0 bridgehead atoms. The summed E-state index contributed by atoms with van der Waals surface area (Å²) >= 11 is 0. The summed E-state index contributed by atoms with van der Waals surface area (Å²) < 4.78 is 17.2. The molecule has 4 nitrogen and oxygen atoms in total. The normalized spacial score (nSPS) is 10.7. The van der Waals surface area contributed by atoms with Crippen molar-refractivity contribution in [2.24, 2.45) is 0 Å². The van der Waals surface area contributed by atoms with Gasteiger partial charge in [-0.05, 0) is 37.5 Å². The molecular weight excluding hydrogens is 237 g/mol. The molecule has 0 aromatic carbocycles. The Morgan fingerprint density at radius 1 is 1.39 bits per heavy atom. The van der Waals surface area contributed by atoms with Gasteiger partial charge in [0.15, 0.2) is 0 Å². The van der Waals surface area contributed by atoms with Gasteiger partial charge in [-0.3, -0.25) is 9.37 Å². The lowest BCUT2D eigenvalue weighted by Gasteiger charge is -2.05. The number of aliphatic carboxylic acids is 1. The van der Waals surface area contributed by atoms with Gasteiger partial charge >= 0.3 is 5.97 Å². The zero-order valence-corrected chi connectivity index (χ0v) is 10.0. The van der Waals surface area contributed by atoms with E-state index in [2.05, 4.69) is 4.98 Å². The topological polar surface area (TPSA) is 59.4 Å². The van der Waals surface area contributed by atoms with E-state index in [4.69, 9.17) is 9.84 Å². The number of carboxylic acids is 1. The Morgan fingerprint density at radius 2 is 2.22 bits per heavy atom. The fourth-order valence-corrected chi connectivity index (χ4v) is 1.30. The fraction of sp³-hybridized carbons (Fsp3) is 0.385. The number of carbonyl (C=O) groups is 1. The van der Waals surface area contributed by atoms with Crippen LogP contribution in [0.1, 0.15) is 25.0 Å². The molecule has 0 spiro atoms. The zero-order chi connectivity index (χ0) is 13.2. The van der Waals surface area contributed by atoms with Gasteiger partial charge in [-0.1, -0.05) is 0 Å². The summed E-state index contributed by atoms with van der Waals surface area (Å²) in [6, 6.07) is 3.40. The highest BCUT2D eigenvalue weighted by Gasteiger charge is 1.96. The van der Waals surface area contributed by atoms with E-state index in [0.717, 1.165) is 18.9 Å². The van der Waals surface area contributed by atoms with E-state index in [-0.39, 0.29) is 6.67 Å². The number of hydrogen-bond donors (Lipinski definition) is 1. The number of aromatic nitrogens is 1. The molecule has 1 rings (SSSR count). The van der Waals surface area contributed by atoms with Crippen LogP contribution in [0.3, 0.4) is 0 Å². The highest BCUT2D eigenvalue weighted by Crippen LogP contribution is 2.11. The molecule has 0 aliphatic rings. The Morgan fingerprint density at radius 3 is 2.83 bits per heavy atom. The fourth-order valence-electron chi connectivity index (χ4n) is 1.30. The summed E-state index contributed by atoms with van der Waals surface area (Å²) in [7, 11) is 0. The maximum Gasteiger partial charge on any atom is 0.328 e. The predicted octanol–water partition coefficient (Wildman–Crippen LogP) is 2.70. The third kappa shape index (κ3) is 5.98. The molecule has 1 aromatic rings. The monoisotopic (exact) mass is 253 g/mol. The number of halogens is 1. The molecule has 0 saturated carbocycles. The van der Waals surface area contributed by atoms with Gasteiger partial charge in [0.1, 0.15) is 5.75 Å². The SMILES string of the molecule is O=C(O)/C=C/c1ccc(OCCCCCF)cn1. The lowest BCUT2D eigenvalue weighted by molar-refractivity contribution is -0.131. The van der Waals surface area contributed by atoms with E-state index >= 15 is 0 Å². The van der Waals surface area contributed by atoms with Gasteiger partial charge in [0, 0.05) is 6.08 Å². The van der Waals surface area contributed by atoms with Crippen molar-refractivity contribution in [1.29, 1.82) is 0 Å². The average Bonchev–Trinajstić information content (AvgIpc) is 2.37. The highest BCUT2D eigenvalue weighted by molar-refractivity contribution is 5.84. The van der Waals surface area contributed by atoms with Crippen molar-refractivity contribution >= 4 is 12.0 Å². The Bertz CT molecular complexity index is 390. The second kappa shape index (κ2) is 8.22. The number of alkyl halides is 1. The van der Waals surface area contributed by atoms with Gasteiger partial charge in [0.25, 0.3) is 0 Å². The minimum absolute atomic E-state index is 0.286. The van der Waals surface area contributed by atoms with Crippen molar-refractivity contribution in [3.05, 3.63) is 30.1 Å². The van der Waals surface area contributed by atoms with E-state index in [1.54, 1.807) is 12.1 Å². The molecule has 1 heterocycles. The first-order valence-electron chi connectivity index (χ1n) is 5.78. The van der Waals surface area contributed by atoms with Crippen molar-refractivity contribution in [1.82, 2.24) is 4.98 Å². The summed E-state index contributed by atoms with van der Waals surface area (Å²) in [6.07, 6.45) is 6.17. The van der Waals surface area contributed by atoms with Crippen molar-refractivity contribution in [2.45, 2.75) is 19.3 Å². The third-order valence-electron chi connectivity index (χ3n) is 2.20. The highest BCUT2D eigenvalue weighted by atomic mass is 19.1. The number of pyridine rings is 1. The van der Waals surface area contributed by atoms with Crippen LogP contribution in [0.2, 0.25) is 0 Å². The van der Waals surface area contributed by atoms with E-state index in [1.165, 1.54) is 12.3 Å². The second-order valence-corrected chi connectivity index (χ2v) is 3.69. The lowest BCUT2D eigenvalue weighted by atomic mass is 10.2. The number of rotatable bonds is 8. The standard InChI is InChI=1S/C13H16FNO3/c14-8-2-1-3-9-18-12-6-4-11(15-10-12)5-7-13(16)17/h4-7,10H,1-3,8-9H2,(H,16,17)/b7-5+. The average molecular weight is 253 g/mol. The van der Waals surface area contributed by atoms with Crippen LogP contribution in [0.5, 0.6) is 5.75 Å². The van der Waals surface area contributed by atoms with Gasteiger partial charge in [-0.15, -0.1) is 0 Å². The van der Waals surface area contributed by atoms with Crippen LogP contribution in [0.15, 0.2) is 24.4 Å². The molecule has 0 atom stereocenters. The molecule has 0 unspecified atom stereocenters. The van der Waals surface area contributed by atoms with Crippen LogP contribution in [0.4, 0.5) is 4.39 Å². The minimum atomic E-state index is -1.01. The Balaban J connectivity index is 2.34. The minimum Gasteiger partial charge on any atom is -0.492 e. The van der Waals surface area contributed by atoms with Crippen molar-refractivity contribution in [3.8, 4) is 5.75 Å². The van der Waals surface area contributed by atoms with E-state index < -0.39 is 5.97 Å². The van der Waals surface area contributed by atoms with Gasteiger partial charge in [0.2, 0.25) is 0 Å². The molecule has 1 N–H and O–H groups in total. The largest absolute Gasteiger partial charge is 0.492 e. The summed E-state index contributed by atoms with van der Waals surface area (Å²) in [5.41, 5.74) is 0.558. The Kier molecular flexibility index (Phi) is 6.46. The molecule has 0 aliphatic heterocycles. The number of unbranched alkanes of at least 4 members (excludes halogenated alkanes) is 2. The molecule has 0 radical (unpaired) electrons. The van der Waals surface area contributed by atoms with E-state index in [9.17, 15) is 9.18 Å². The van der Waals surface area contributed by atoms with Gasteiger partial charge < -0.3 is 9.84 Å². The van der Waals surface area contributed by atoms with E-state index in [1.807, 2.05) is 0 Å². The van der Waals surface area contributed by atoms with Crippen molar-refractivity contribution in [3.63, 3.8) is 0 Å². The molecule has 0 amide bonds. The number of carboxylic acid groups (broad SMARTS) is 1. The Hall–Kier alpha value is -1.91. The van der Waals surface area contributed by atoms with Crippen molar-refractivity contribution < 1.29 is 19.0 Å². The summed E-state index contributed by atoms with van der Waals surface area (Å²) in [5.74, 6) is -0.382. The molecule has 0 saturated heterocycles. The lowest BCUT2D eigenvalue weighted by Crippen LogP contribution is -1.98. The molecule has 18 heavy (non-hydrogen) atoms. The molecule has 1 aromatic heterocycles. The molecular formula is C13H16FNO3.